The predicted molar refractivity (Wildman–Crippen MR) is 116 cm³/mol. The number of ether oxygens (including phenoxy) is 3. The van der Waals surface area contributed by atoms with Crippen molar-refractivity contribution in [1.82, 2.24) is 0 Å². The standard InChI is InChI=1S/C24H24N2O5/c1-25-19-11-22(30-3)21(29-2)9-15(19)8-16-13-31-20-10-17(4-5-18(20)23(16)25)26-7-6-14(12-26)24(27)28/h4-5,8-11,14H,6-7,12-13H2,1-3H3/p+1. The van der Waals surface area contributed by atoms with Gasteiger partial charge in [0.1, 0.15) is 19.4 Å². The van der Waals surface area contributed by atoms with Gasteiger partial charge in [-0.3, -0.25) is 4.79 Å². The van der Waals surface area contributed by atoms with Gasteiger partial charge in [0, 0.05) is 24.8 Å². The number of carboxylic acids is 1. The minimum Gasteiger partial charge on any atom is -0.493 e. The highest BCUT2D eigenvalue weighted by Gasteiger charge is 2.31. The van der Waals surface area contributed by atoms with Gasteiger partial charge in [-0.25, -0.2) is 0 Å². The van der Waals surface area contributed by atoms with Gasteiger partial charge in [0.2, 0.25) is 11.2 Å². The van der Waals surface area contributed by atoms with Gasteiger partial charge < -0.3 is 24.2 Å². The molecule has 7 heteroatoms. The lowest BCUT2D eigenvalue weighted by Crippen LogP contribution is -2.35. The fourth-order valence-electron chi connectivity index (χ4n) is 4.72. The molecule has 31 heavy (non-hydrogen) atoms. The third-order valence-electron chi connectivity index (χ3n) is 6.37. The molecule has 5 rings (SSSR count). The molecular formula is C24H25N2O5+. The van der Waals surface area contributed by atoms with Gasteiger partial charge in [-0.1, -0.05) is 0 Å². The Morgan fingerprint density at radius 1 is 1.16 bits per heavy atom. The van der Waals surface area contributed by atoms with Crippen molar-refractivity contribution in [1.29, 1.82) is 0 Å². The molecule has 1 fully saturated rings. The molecule has 0 spiro atoms. The molecule has 1 unspecified atom stereocenters. The van der Waals surface area contributed by atoms with Crippen molar-refractivity contribution in [2.45, 2.75) is 13.0 Å². The van der Waals surface area contributed by atoms with Crippen LogP contribution in [0.15, 0.2) is 36.4 Å². The van der Waals surface area contributed by atoms with Crippen molar-refractivity contribution in [3.63, 3.8) is 0 Å². The van der Waals surface area contributed by atoms with Crippen LogP contribution in [0.2, 0.25) is 0 Å². The first kappa shape index (κ1) is 19.5. The van der Waals surface area contributed by atoms with E-state index in [4.69, 9.17) is 14.2 Å². The molecule has 160 valence electrons. The number of benzene rings is 2. The highest BCUT2D eigenvalue weighted by Crippen LogP contribution is 2.41. The summed E-state index contributed by atoms with van der Waals surface area (Å²) in [6, 6.07) is 12.3. The first-order chi connectivity index (χ1) is 15.0. The molecule has 1 saturated heterocycles. The van der Waals surface area contributed by atoms with E-state index in [1.54, 1.807) is 14.2 Å². The van der Waals surface area contributed by atoms with Crippen LogP contribution in [0.1, 0.15) is 12.0 Å². The number of nitrogens with zero attached hydrogens (tertiary/aromatic N) is 2. The van der Waals surface area contributed by atoms with E-state index < -0.39 is 5.97 Å². The second-order valence-electron chi connectivity index (χ2n) is 8.08. The van der Waals surface area contributed by atoms with Gasteiger partial charge >= 0.3 is 5.97 Å². The molecule has 2 aromatic carbocycles. The van der Waals surface area contributed by atoms with Gasteiger partial charge in [0.25, 0.3) is 0 Å². The van der Waals surface area contributed by atoms with Gasteiger partial charge in [-0.05, 0) is 30.7 Å². The number of carboxylic acid groups (broad SMARTS) is 1. The molecule has 1 atom stereocenters. The minimum absolute atomic E-state index is 0.311. The third-order valence-corrected chi connectivity index (χ3v) is 6.37. The zero-order valence-corrected chi connectivity index (χ0v) is 17.8. The van der Waals surface area contributed by atoms with E-state index in [1.807, 2.05) is 25.2 Å². The van der Waals surface area contributed by atoms with Gasteiger partial charge in [0.15, 0.2) is 11.5 Å². The Morgan fingerprint density at radius 2 is 1.94 bits per heavy atom. The van der Waals surface area contributed by atoms with Crippen LogP contribution < -0.4 is 23.7 Å². The van der Waals surface area contributed by atoms with E-state index in [-0.39, 0.29) is 5.92 Å². The molecule has 1 aromatic heterocycles. The lowest BCUT2D eigenvalue weighted by atomic mass is 9.99. The number of anilines is 1. The average Bonchev–Trinajstić information content (AvgIpc) is 3.28. The number of aryl methyl sites for hydroxylation is 1. The normalized spacial score (nSPS) is 17.1. The van der Waals surface area contributed by atoms with Crippen molar-refractivity contribution in [3.05, 3.63) is 42.0 Å². The summed E-state index contributed by atoms with van der Waals surface area (Å²) in [5.74, 6) is 1.17. The Bertz CT molecular complexity index is 1210. The zero-order valence-electron chi connectivity index (χ0n) is 17.8. The molecule has 3 aromatic rings. The van der Waals surface area contributed by atoms with Crippen LogP contribution in [0.5, 0.6) is 17.2 Å². The Kier molecular flexibility index (Phi) is 4.61. The summed E-state index contributed by atoms with van der Waals surface area (Å²) in [7, 11) is 5.33. The first-order valence-corrected chi connectivity index (χ1v) is 10.3. The Labute approximate surface area is 180 Å². The molecule has 7 nitrogen and oxygen atoms in total. The van der Waals surface area contributed by atoms with E-state index in [0.717, 1.165) is 45.7 Å². The summed E-state index contributed by atoms with van der Waals surface area (Å²) >= 11 is 0. The zero-order chi connectivity index (χ0) is 21.7. The number of methoxy groups -OCH3 is 2. The maximum absolute atomic E-state index is 11.3. The van der Waals surface area contributed by atoms with Crippen LogP contribution in [0, 0.1) is 5.92 Å². The Morgan fingerprint density at radius 3 is 2.65 bits per heavy atom. The van der Waals surface area contributed by atoms with Gasteiger partial charge in [-0.15, -0.1) is 0 Å². The minimum atomic E-state index is -0.725. The van der Waals surface area contributed by atoms with Gasteiger partial charge in [-0.2, -0.15) is 4.57 Å². The predicted octanol–water partition coefficient (Wildman–Crippen LogP) is 3.15. The van der Waals surface area contributed by atoms with E-state index in [0.29, 0.717) is 31.1 Å². The van der Waals surface area contributed by atoms with Crippen LogP contribution in [0.3, 0.4) is 0 Å². The monoisotopic (exact) mass is 421 g/mol. The number of carbonyl (C=O) groups is 1. The number of aromatic nitrogens is 1. The Balaban J connectivity index is 1.58. The summed E-state index contributed by atoms with van der Waals surface area (Å²) in [5, 5.41) is 10.4. The smallest absolute Gasteiger partial charge is 0.308 e. The SMILES string of the molecule is COc1cc2cc3c([n+](C)c2cc1OC)-c1ccc(N2CCC(C(=O)O)C2)cc1OC3. The maximum Gasteiger partial charge on any atom is 0.308 e. The highest BCUT2D eigenvalue weighted by molar-refractivity contribution is 5.84. The van der Waals surface area contributed by atoms with Crippen molar-refractivity contribution in [2.75, 3.05) is 32.2 Å². The molecule has 2 aliphatic rings. The fourth-order valence-corrected chi connectivity index (χ4v) is 4.72. The highest BCUT2D eigenvalue weighted by atomic mass is 16.5. The van der Waals surface area contributed by atoms with Crippen LogP contribution in [-0.4, -0.2) is 38.4 Å². The average molecular weight is 421 g/mol. The maximum atomic E-state index is 11.3. The lowest BCUT2D eigenvalue weighted by Gasteiger charge is -2.23. The molecule has 1 N–H and O–H groups in total. The quantitative estimate of drug-likeness (QED) is 0.653. The summed E-state index contributed by atoms with van der Waals surface area (Å²) in [5.41, 5.74) is 5.28. The van der Waals surface area contributed by atoms with E-state index in [2.05, 4.69) is 27.7 Å². The largest absolute Gasteiger partial charge is 0.493 e. The van der Waals surface area contributed by atoms with Crippen LogP contribution in [0.25, 0.3) is 22.2 Å². The first-order valence-electron chi connectivity index (χ1n) is 10.3. The fraction of sp³-hybridized carbons (Fsp3) is 0.333. The number of pyridine rings is 1. The summed E-state index contributed by atoms with van der Waals surface area (Å²) in [4.78, 5) is 13.4. The number of aliphatic carboxylic acids is 1. The van der Waals surface area contributed by atoms with E-state index in [9.17, 15) is 9.90 Å². The number of rotatable bonds is 4. The number of hydrogen-bond acceptors (Lipinski definition) is 5. The second kappa shape index (κ2) is 7.34. The molecule has 0 aliphatic carbocycles. The van der Waals surface area contributed by atoms with Crippen LogP contribution in [-0.2, 0) is 18.4 Å². The number of hydrogen-bond donors (Lipinski definition) is 1. The van der Waals surface area contributed by atoms with Crippen molar-refractivity contribution in [2.24, 2.45) is 13.0 Å². The van der Waals surface area contributed by atoms with E-state index >= 15 is 0 Å². The summed E-state index contributed by atoms with van der Waals surface area (Å²) in [6.45, 7) is 1.75. The van der Waals surface area contributed by atoms with Crippen LogP contribution in [0.4, 0.5) is 5.69 Å². The lowest BCUT2D eigenvalue weighted by molar-refractivity contribution is -0.634. The second-order valence-corrected chi connectivity index (χ2v) is 8.08. The van der Waals surface area contributed by atoms with Crippen molar-refractivity contribution < 1.29 is 28.7 Å². The van der Waals surface area contributed by atoms with Crippen molar-refractivity contribution >= 4 is 22.6 Å². The summed E-state index contributed by atoms with van der Waals surface area (Å²) in [6.07, 6.45) is 0.669. The molecule has 0 saturated carbocycles. The molecule has 0 amide bonds. The van der Waals surface area contributed by atoms with Crippen LogP contribution >= 0.6 is 0 Å². The molecule has 0 bridgehead atoms. The molecule has 3 heterocycles. The summed E-state index contributed by atoms with van der Waals surface area (Å²) < 4.78 is 19.3. The molecule has 0 radical (unpaired) electrons. The topological polar surface area (TPSA) is 72.1 Å². The van der Waals surface area contributed by atoms with E-state index in [1.165, 1.54) is 0 Å². The molecular weight excluding hydrogens is 396 g/mol. The third kappa shape index (κ3) is 3.12. The number of fused-ring (bicyclic) bond motifs is 4. The van der Waals surface area contributed by atoms with Gasteiger partial charge in [0.05, 0.1) is 42.7 Å². The van der Waals surface area contributed by atoms with Crippen molar-refractivity contribution in [3.8, 4) is 28.5 Å². The molecule has 2 aliphatic heterocycles. The Hall–Kier alpha value is -3.48.